The molecule has 0 heterocycles. The molecule has 1 fully saturated rings. The first-order valence-electron chi connectivity index (χ1n) is 6.46. The van der Waals surface area contributed by atoms with E-state index in [-0.39, 0.29) is 0 Å². The minimum Gasteiger partial charge on any atom is -0.390 e. The molecule has 18 heavy (non-hydrogen) atoms. The Balaban J connectivity index is 2.09. The second-order valence-electron chi connectivity index (χ2n) is 6.30. The van der Waals surface area contributed by atoms with E-state index >= 15 is 0 Å². The van der Waals surface area contributed by atoms with Gasteiger partial charge in [-0.1, -0.05) is 47.4 Å². The maximum absolute atomic E-state index is 10.7. The molecule has 1 aromatic rings. The SMILES string of the molecule is CC1(C)CCC(O)(Cc2ccc(Br)cc2Cl)CC1. The van der Waals surface area contributed by atoms with Crippen LogP contribution >= 0.6 is 27.5 Å². The zero-order valence-electron chi connectivity index (χ0n) is 11.0. The van der Waals surface area contributed by atoms with Gasteiger partial charge in [0.1, 0.15) is 0 Å². The molecule has 0 radical (unpaired) electrons. The monoisotopic (exact) mass is 330 g/mol. The van der Waals surface area contributed by atoms with E-state index in [0.29, 0.717) is 11.8 Å². The molecule has 0 aliphatic heterocycles. The Morgan fingerprint density at radius 3 is 2.39 bits per heavy atom. The zero-order valence-corrected chi connectivity index (χ0v) is 13.3. The lowest BCUT2D eigenvalue weighted by atomic mass is 9.69. The van der Waals surface area contributed by atoms with Crippen molar-refractivity contribution in [3.8, 4) is 0 Å². The molecule has 1 aliphatic carbocycles. The zero-order chi connectivity index (χ0) is 13.4. The smallest absolute Gasteiger partial charge is 0.0688 e. The van der Waals surface area contributed by atoms with Gasteiger partial charge in [0.25, 0.3) is 0 Å². The van der Waals surface area contributed by atoms with Crippen molar-refractivity contribution in [2.45, 2.75) is 51.6 Å². The van der Waals surface area contributed by atoms with Gasteiger partial charge in [-0.25, -0.2) is 0 Å². The van der Waals surface area contributed by atoms with Gasteiger partial charge in [-0.05, 0) is 48.8 Å². The van der Waals surface area contributed by atoms with Crippen LogP contribution < -0.4 is 0 Å². The van der Waals surface area contributed by atoms with Crippen LogP contribution in [0.2, 0.25) is 5.02 Å². The normalized spacial score (nSPS) is 21.8. The van der Waals surface area contributed by atoms with E-state index in [0.717, 1.165) is 40.7 Å². The largest absolute Gasteiger partial charge is 0.390 e. The van der Waals surface area contributed by atoms with E-state index in [9.17, 15) is 5.11 Å². The summed E-state index contributed by atoms with van der Waals surface area (Å²) in [4.78, 5) is 0. The topological polar surface area (TPSA) is 20.2 Å². The number of hydrogen-bond donors (Lipinski definition) is 1. The van der Waals surface area contributed by atoms with Crippen LogP contribution in [0.5, 0.6) is 0 Å². The van der Waals surface area contributed by atoms with Gasteiger partial charge >= 0.3 is 0 Å². The van der Waals surface area contributed by atoms with E-state index in [2.05, 4.69) is 29.8 Å². The van der Waals surface area contributed by atoms with Crippen LogP contribution in [-0.2, 0) is 6.42 Å². The van der Waals surface area contributed by atoms with Gasteiger partial charge in [-0.2, -0.15) is 0 Å². The highest BCUT2D eigenvalue weighted by Crippen LogP contribution is 2.42. The summed E-state index contributed by atoms with van der Waals surface area (Å²) in [5, 5.41) is 11.4. The van der Waals surface area contributed by atoms with E-state index in [4.69, 9.17) is 11.6 Å². The van der Waals surface area contributed by atoms with Crippen LogP contribution in [0.4, 0.5) is 0 Å². The number of benzene rings is 1. The molecule has 0 atom stereocenters. The van der Waals surface area contributed by atoms with Gasteiger partial charge in [0, 0.05) is 15.9 Å². The standard InChI is InChI=1S/C15H20BrClO/c1-14(2)5-7-15(18,8-6-14)10-11-3-4-12(16)9-13(11)17/h3-4,9,18H,5-8,10H2,1-2H3. The predicted octanol–water partition coefficient (Wildman–Crippen LogP) is 4.98. The summed E-state index contributed by atoms with van der Waals surface area (Å²) in [6.45, 7) is 4.55. The molecule has 1 aliphatic rings. The van der Waals surface area contributed by atoms with E-state index in [1.165, 1.54) is 0 Å². The minimum atomic E-state index is -0.576. The highest BCUT2D eigenvalue weighted by Gasteiger charge is 2.36. The summed E-state index contributed by atoms with van der Waals surface area (Å²) in [6.07, 6.45) is 4.56. The van der Waals surface area contributed by atoms with Crippen molar-refractivity contribution in [3.63, 3.8) is 0 Å². The average molecular weight is 332 g/mol. The Morgan fingerprint density at radius 2 is 1.83 bits per heavy atom. The Bertz CT molecular complexity index is 432. The fraction of sp³-hybridized carbons (Fsp3) is 0.600. The van der Waals surface area contributed by atoms with Crippen molar-refractivity contribution in [2.75, 3.05) is 0 Å². The molecule has 1 saturated carbocycles. The van der Waals surface area contributed by atoms with Crippen molar-refractivity contribution in [3.05, 3.63) is 33.3 Å². The lowest BCUT2D eigenvalue weighted by Crippen LogP contribution is -2.38. The van der Waals surface area contributed by atoms with E-state index in [1.54, 1.807) is 0 Å². The summed E-state index contributed by atoms with van der Waals surface area (Å²) in [5.74, 6) is 0. The molecule has 0 amide bonds. The first-order chi connectivity index (χ1) is 8.30. The molecule has 0 aromatic heterocycles. The number of halogens is 2. The van der Waals surface area contributed by atoms with Crippen molar-refractivity contribution >= 4 is 27.5 Å². The lowest BCUT2D eigenvalue weighted by molar-refractivity contribution is -0.0251. The maximum atomic E-state index is 10.7. The van der Waals surface area contributed by atoms with Crippen molar-refractivity contribution < 1.29 is 5.11 Å². The van der Waals surface area contributed by atoms with Crippen molar-refractivity contribution in [2.24, 2.45) is 5.41 Å². The highest BCUT2D eigenvalue weighted by atomic mass is 79.9. The third-order valence-electron chi connectivity index (χ3n) is 4.07. The minimum absolute atomic E-state index is 0.371. The fourth-order valence-corrected chi connectivity index (χ4v) is 3.33. The Morgan fingerprint density at radius 1 is 1.22 bits per heavy atom. The van der Waals surface area contributed by atoms with E-state index in [1.807, 2.05) is 18.2 Å². The van der Waals surface area contributed by atoms with Gasteiger partial charge in [0.2, 0.25) is 0 Å². The first kappa shape index (κ1) is 14.4. The number of hydrogen-bond acceptors (Lipinski definition) is 1. The molecule has 1 aromatic carbocycles. The second-order valence-corrected chi connectivity index (χ2v) is 7.62. The molecule has 100 valence electrons. The molecular weight excluding hydrogens is 312 g/mol. The van der Waals surface area contributed by atoms with Gasteiger partial charge in [0.15, 0.2) is 0 Å². The van der Waals surface area contributed by atoms with Gasteiger partial charge < -0.3 is 5.11 Å². The summed E-state index contributed by atoms with van der Waals surface area (Å²) in [5.41, 5.74) is 0.838. The van der Waals surface area contributed by atoms with Crippen LogP contribution in [0.15, 0.2) is 22.7 Å². The van der Waals surface area contributed by atoms with Crippen LogP contribution in [0.1, 0.15) is 45.1 Å². The predicted molar refractivity (Wildman–Crippen MR) is 80.1 cm³/mol. The number of aliphatic hydroxyl groups is 1. The Hall–Kier alpha value is -0.0500. The second kappa shape index (κ2) is 5.15. The quantitative estimate of drug-likeness (QED) is 0.810. The Kier molecular flexibility index (Phi) is 4.10. The molecule has 0 unspecified atom stereocenters. The summed E-state index contributed by atoms with van der Waals surface area (Å²) in [7, 11) is 0. The third kappa shape index (κ3) is 3.49. The van der Waals surface area contributed by atoms with Crippen molar-refractivity contribution in [1.29, 1.82) is 0 Å². The van der Waals surface area contributed by atoms with Crippen LogP contribution in [0.3, 0.4) is 0 Å². The summed E-state index contributed by atoms with van der Waals surface area (Å²) < 4.78 is 0.980. The summed E-state index contributed by atoms with van der Waals surface area (Å²) in [6, 6.07) is 5.88. The molecule has 2 rings (SSSR count). The highest BCUT2D eigenvalue weighted by molar-refractivity contribution is 9.10. The average Bonchev–Trinajstić information content (AvgIpc) is 2.28. The molecule has 0 spiro atoms. The van der Waals surface area contributed by atoms with E-state index < -0.39 is 5.60 Å². The van der Waals surface area contributed by atoms with Gasteiger partial charge in [-0.15, -0.1) is 0 Å². The summed E-state index contributed by atoms with van der Waals surface area (Å²) >= 11 is 9.63. The molecule has 1 nitrogen and oxygen atoms in total. The Labute approximate surface area is 123 Å². The number of rotatable bonds is 2. The molecule has 0 bridgehead atoms. The fourth-order valence-electron chi connectivity index (χ4n) is 2.59. The van der Waals surface area contributed by atoms with Gasteiger partial charge in [-0.3, -0.25) is 0 Å². The third-order valence-corrected chi connectivity index (χ3v) is 4.91. The molecule has 3 heteroatoms. The lowest BCUT2D eigenvalue weighted by Gasteiger charge is -2.40. The van der Waals surface area contributed by atoms with Crippen LogP contribution in [0.25, 0.3) is 0 Å². The molecule has 0 saturated heterocycles. The van der Waals surface area contributed by atoms with Crippen molar-refractivity contribution in [1.82, 2.24) is 0 Å². The molecular formula is C15H20BrClO. The maximum Gasteiger partial charge on any atom is 0.0688 e. The van der Waals surface area contributed by atoms with Crippen LogP contribution in [-0.4, -0.2) is 10.7 Å². The molecule has 1 N–H and O–H groups in total. The first-order valence-corrected chi connectivity index (χ1v) is 7.63. The van der Waals surface area contributed by atoms with Crippen LogP contribution in [0, 0.1) is 5.41 Å². The van der Waals surface area contributed by atoms with Gasteiger partial charge in [0.05, 0.1) is 5.60 Å².